The third-order valence-corrected chi connectivity index (χ3v) is 3.11. The van der Waals surface area contributed by atoms with Gasteiger partial charge < -0.3 is 11.1 Å². The molecular weight excluding hydrogens is 210 g/mol. The molecule has 0 aromatic carbocycles. The molecule has 3 nitrogen and oxygen atoms in total. The number of nitrogens with zero attached hydrogens (tertiary/aromatic N) is 1. The maximum atomic E-state index is 6.01. The van der Waals surface area contributed by atoms with Gasteiger partial charge in [0, 0.05) is 18.3 Å². The number of nitrogens with one attached hydrogen (secondary N) is 1. The minimum Gasteiger partial charge on any atom is -0.380 e. The van der Waals surface area contributed by atoms with E-state index in [1.807, 2.05) is 13.0 Å². The Hall–Kier alpha value is -0.800. The van der Waals surface area contributed by atoms with Crippen molar-refractivity contribution in [1.82, 2.24) is 4.98 Å². The number of pyridine rings is 1. The van der Waals surface area contributed by atoms with Crippen LogP contribution in [0.2, 0.25) is 5.15 Å². The van der Waals surface area contributed by atoms with Crippen molar-refractivity contribution in [2.24, 2.45) is 5.73 Å². The number of halogens is 1. The van der Waals surface area contributed by atoms with Crippen LogP contribution in [0, 0.1) is 6.92 Å². The van der Waals surface area contributed by atoms with Crippen LogP contribution in [-0.2, 0) is 0 Å². The minimum atomic E-state index is 0.332. The van der Waals surface area contributed by atoms with Crippen molar-refractivity contribution in [2.75, 3.05) is 5.32 Å². The largest absolute Gasteiger partial charge is 0.380 e. The molecule has 1 aliphatic rings. The van der Waals surface area contributed by atoms with E-state index in [0.717, 1.165) is 30.5 Å². The van der Waals surface area contributed by atoms with Gasteiger partial charge in [-0.3, -0.25) is 0 Å². The predicted molar refractivity (Wildman–Crippen MR) is 63.2 cm³/mol. The number of hydrogen-bond acceptors (Lipinski definition) is 3. The summed E-state index contributed by atoms with van der Waals surface area (Å²) in [5, 5.41) is 3.95. The molecule has 0 bridgehead atoms. The van der Waals surface area contributed by atoms with Gasteiger partial charge in [0.1, 0.15) is 0 Å². The summed E-state index contributed by atoms with van der Waals surface area (Å²) in [6, 6.07) is 2.80. The van der Waals surface area contributed by atoms with Gasteiger partial charge in [-0.15, -0.1) is 0 Å². The molecule has 2 rings (SSSR count). The molecule has 0 saturated heterocycles. The van der Waals surface area contributed by atoms with Gasteiger partial charge in [-0.05, 0) is 37.8 Å². The van der Waals surface area contributed by atoms with Gasteiger partial charge in [0.15, 0.2) is 5.15 Å². The summed E-state index contributed by atoms with van der Waals surface area (Å²) < 4.78 is 0. The minimum absolute atomic E-state index is 0.332. The van der Waals surface area contributed by atoms with Gasteiger partial charge in [-0.2, -0.15) is 0 Å². The second kappa shape index (κ2) is 4.37. The molecule has 2 unspecified atom stereocenters. The van der Waals surface area contributed by atoms with Crippen molar-refractivity contribution in [3.8, 4) is 0 Å². The average Bonchev–Trinajstić information content (AvgIpc) is 2.58. The number of rotatable bonds is 2. The van der Waals surface area contributed by atoms with Crippen molar-refractivity contribution in [1.29, 1.82) is 0 Å². The lowest BCUT2D eigenvalue weighted by Crippen LogP contribution is -2.21. The highest BCUT2D eigenvalue weighted by molar-refractivity contribution is 6.31. The predicted octanol–water partition coefficient (Wildman–Crippen LogP) is 2.34. The maximum Gasteiger partial charge on any atom is 0.152 e. The van der Waals surface area contributed by atoms with E-state index >= 15 is 0 Å². The first-order valence-corrected chi connectivity index (χ1v) is 5.67. The topological polar surface area (TPSA) is 50.9 Å². The van der Waals surface area contributed by atoms with E-state index in [0.29, 0.717) is 17.2 Å². The first kappa shape index (κ1) is 10.7. The van der Waals surface area contributed by atoms with E-state index in [9.17, 15) is 0 Å². The molecule has 3 N–H and O–H groups in total. The summed E-state index contributed by atoms with van der Waals surface area (Å²) in [6.45, 7) is 2.01. The number of aromatic nitrogens is 1. The fraction of sp³-hybridized carbons (Fsp3) is 0.545. The molecule has 1 aromatic rings. The summed E-state index contributed by atoms with van der Waals surface area (Å²) >= 11 is 6.01. The Labute approximate surface area is 95.0 Å². The second-order valence-corrected chi connectivity index (χ2v) is 4.62. The number of aryl methyl sites for hydroxylation is 1. The highest BCUT2D eigenvalue weighted by atomic mass is 35.5. The van der Waals surface area contributed by atoms with Crippen molar-refractivity contribution in [3.05, 3.63) is 23.0 Å². The molecule has 0 radical (unpaired) electrons. The molecule has 0 spiro atoms. The molecule has 82 valence electrons. The molecule has 2 atom stereocenters. The lowest BCUT2D eigenvalue weighted by atomic mass is 10.2. The average molecular weight is 226 g/mol. The molecule has 1 saturated carbocycles. The Bertz CT molecular complexity index is 354. The third-order valence-electron chi connectivity index (χ3n) is 2.81. The fourth-order valence-corrected chi connectivity index (χ4v) is 2.18. The Balaban J connectivity index is 2.07. The Kier molecular flexibility index (Phi) is 3.12. The Morgan fingerprint density at radius 3 is 3.00 bits per heavy atom. The van der Waals surface area contributed by atoms with Gasteiger partial charge in [-0.25, -0.2) is 4.98 Å². The van der Waals surface area contributed by atoms with Crippen LogP contribution in [0.4, 0.5) is 5.69 Å². The van der Waals surface area contributed by atoms with Crippen LogP contribution in [0.5, 0.6) is 0 Å². The highest BCUT2D eigenvalue weighted by Crippen LogP contribution is 2.26. The van der Waals surface area contributed by atoms with Gasteiger partial charge >= 0.3 is 0 Å². The van der Waals surface area contributed by atoms with Crippen molar-refractivity contribution >= 4 is 17.3 Å². The molecule has 0 aliphatic heterocycles. The van der Waals surface area contributed by atoms with Crippen LogP contribution in [0.15, 0.2) is 12.3 Å². The molecule has 0 amide bonds. The first-order chi connectivity index (χ1) is 7.15. The Morgan fingerprint density at radius 1 is 1.53 bits per heavy atom. The van der Waals surface area contributed by atoms with Crippen molar-refractivity contribution in [3.63, 3.8) is 0 Å². The Morgan fingerprint density at radius 2 is 2.33 bits per heavy atom. The van der Waals surface area contributed by atoms with E-state index in [1.54, 1.807) is 6.20 Å². The molecular formula is C11H16ClN3. The van der Waals surface area contributed by atoms with E-state index in [-0.39, 0.29) is 0 Å². The van der Waals surface area contributed by atoms with Crippen LogP contribution >= 0.6 is 11.6 Å². The number of nitrogens with two attached hydrogens (primary N) is 1. The summed E-state index contributed by atoms with van der Waals surface area (Å²) in [7, 11) is 0. The summed E-state index contributed by atoms with van der Waals surface area (Å²) in [5.74, 6) is 0. The van der Waals surface area contributed by atoms with Gasteiger partial charge in [0.2, 0.25) is 0 Å². The number of anilines is 1. The maximum absolute atomic E-state index is 6.01. The van der Waals surface area contributed by atoms with Crippen LogP contribution in [0.25, 0.3) is 0 Å². The normalized spacial score (nSPS) is 25.5. The summed E-state index contributed by atoms with van der Waals surface area (Å²) in [6.07, 6.45) is 5.00. The van der Waals surface area contributed by atoms with Crippen molar-refractivity contribution in [2.45, 2.75) is 38.3 Å². The van der Waals surface area contributed by atoms with Gasteiger partial charge in [0.05, 0.1) is 5.69 Å². The molecule has 1 aromatic heterocycles. The standard InChI is InChI=1S/C11H16ClN3/c1-7-4-10(11(12)14-6-7)15-9-3-2-8(13)5-9/h4,6,8-9,15H,2-3,5,13H2,1H3. The third kappa shape index (κ3) is 2.61. The zero-order valence-corrected chi connectivity index (χ0v) is 9.59. The van der Waals surface area contributed by atoms with Crippen LogP contribution < -0.4 is 11.1 Å². The number of hydrogen-bond donors (Lipinski definition) is 2. The molecule has 1 heterocycles. The quantitative estimate of drug-likeness (QED) is 0.760. The smallest absolute Gasteiger partial charge is 0.152 e. The summed E-state index contributed by atoms with van der Waals surface area (Å²) in [4.78, 5) is 4.11. The van der Waals surface area contributed by atoms with Crippen molar-refractivity contribution < 1.29 is 0 Å². The van der Waals surface area contributed by atoms with E-state index in [1.165, 1.54) is 0 Å². The van der Waals surface area contributed by atoms with Crippen LogP contribution in [0.3, 0.4) is 0 Å². The van der Waals surface area contributed by atoms with E-state index in [2.05, 4.69) is 10.3 Å². The zero-order chi connectivity index (χ0) is 10.8. The van der Waals surface area contributed by atoms with Gasteiger partial charge in [0.25, 0.3) is 0 Å². The molecule has 15 heavy (non-hydrogen) atoms. The van der Waals surface area contributed by atoms with E-state index in [4.69, 9.17) is 17.3 Å². The lowest BCUT2D eigenvalue weighted by molar-refractivity contribution is 0.687. The lowest BCUT2D eigenvalue weighted by Gasteiger charge is -2.15. The summed E-state index contributed by atoms with van der Waals surface area (Å²) in [5.41, 5.74) is 7.90. The molecule has 1 aliphatic carbocycles. The highest BCUT2D eigenvalue weighted by Gasteiger charge is 2.22. The molecule has 1 fully saturated rings. The first-order valence-electron chi connectivity index (χ1n) is 5.29. The monoisotopic (exact) mass is 225 g/mol. The van der Waals surface area contributed by atoms with Gasteiger partial charge in [-0.1, -0.05) is 11.6 Å². The SMILES string of the molecule is Cc1cnc(Cl)c(NC2CCC(N)C2)c1. The van der Waals surface area contributed by atoms with Crippen LogP contribution in [-0.4, -0.2) is 17.1 Å². The van der Waals surface area contributed by atoms with Crippen LogP contribution in [0.1, 0.15) is 24.8 Å². The van der Waals surface area contributed by atoms with E-state index < -0.39 is 0 Å². The fourth-order valence-electron chi connectivity index (χ4n) is 2.02. The molecule has 4 heteroatoms. The second-order valence-electron chi connectivity index (χ2n) is 4.27. The zero-order valence-electron chi connectivity index (χ0n) is 8.83.